The summed E-state index contributed by atoms with van der Waals surface area (Å²) in [7, 11) is 0. The maximum absolute atomic E-state index is 11.9. The number of hydrogen-bond donors (Lipinski definition) is 1. The van der Waals surface area contributed by atoms with Gasteiger partial charge in [0.25, 0.3) is 0 Å². The molecule has 0 aliphatic carbocycles. The third kappa shape index (κ3) is 3.18. The lowest BCUT2D eigenvalue weighted by Gasteiger charge is -2.05. The zero-order chi connectivity index (χ0) is 15.5. The van der Waals surface area contributed by atoms with Crippen LogP contribution in [0.3, 0.4) is 0 Å². The van der Waals surface area contributed by atoms with Gasteiger partial charge >= 0.3 is 0 Å². The van der Waals surface area contributed by atoms with Gasteiger partial charge in [-0.2, -0.15) is 0 Å². The zero-order valence-corrected chi connectivity index (χ0v) is 12.6. The van der Waals surface area contributed by atoms with Gasteiger partial charge in [0.05, 0.1) is 10.7 Å². The summed E-state index contributed by atoms with van der Waals surface area (Å²) in [6, 6.07) is 12.9. The van der Waals surface area contributed by atoms with Crippen LogP contribution in [0.15, 0.2) is 53.0 Å². The van der Waals surface area contributed by atoms with E-state index in [2.05, 4.69) is 10.3 Å². The van der Waals surface area contributed by atoms with E-state index in [4.69, 9.17) is 16.0 Å². The highest BCUT2D eigenvalue weighted by Crippen LogP contribution is 2.22. The topological polar surface area (TPSA) is 55.1 Å². The lowest BCUT2D eigenvalue weighted by Crippen LogP contribution is -2.08. The molecule has 1 aromatic heterocycles. The van der Waals surface area contributed by atoms with Crippen molar-refractivity contribution in [1.29, 1.82) is 0 Å². The van der Waals surface area contributed by atoms with Gasteiger partial charge in [0.15, 0.2) is 5.58 Å². The van der Waals surface area contributed by atoms with Crippen LogP contribution in [0.25, 0.3) is 17.2 Å². The van der Waals surface area contributed by atoms with Crippen LogP contribution < -0.4 is 5.32 Å². The molecule has 0 radical (unpaired) electrons. The van der Waals surface area contributed by atoms with E-state index in [9.17, 15) is 4.79 Å². The third-order valence-electron chi connectivity index (χ3n) is 3.07. The molecule has 110 valence electrons. The molecule has 3 rings (SSSR count). The van der Waals surface area contributed by atoms with Crippen molar-refractivity contribution in [2.24, 2.45) is 0 Å². The number of rotatable bonds is 3. The van der Waals surface area contributed by atoms with Crippen LogP contribution in [0.4, 0.5) is 5.69 Å². The van der Waals surface area contributed by atoms with Crippen molar-refractivity contribution in [2.45, 2.75) is 6.92 Å². The molecule has 0 aliphatic heterocycles. The number of halogens is 1. The van der Waals surface area contributed by atoms with E-state index < -0.39 is 0 Å². The molecule has 0 saturated carbocycles. The molecule has 2 aromatic carbocycles. The van der Waals surface area contributed by atoms with Crippen LogP contribution in [-0.4, -0.2) is 10.9 Å². The third-order valence-corrected chi connectivity index (χ3v) is 3.38. The normalized spacial score (nSPS) is 11.2. The average Bonchev–Trinajstić information content (AvgIpc) is 2.91. The molecule has 0 unspecified atom stereocenters. The number of fused-ring (bicyclic) bond motifs is 1. The molecule has 0 saturated heterocycles. The Morgan fingerprint density at radius 3 is 2.86 bits per heavy atom. The number of nitrogens with zero attached hydrogens (tertiary/aromatic N) is 1. The molecule has 4 nitrogen and oxygen atoms in total. The number of hydrogen-bond acceptors (Lipinski definition) is 3. The summed E-state index contributed by atoms with van der Waals surface area (Å²) < 4.78 is 5.50. The molecule has 0 atom stereocenters. The number of para-hydroxylation sites is 2. The quantitative estimate of drug-likeness (QED) is 0.727. The average molecular weight is 313 g/mol. The summed E-state index contributed by atoms with van der Waals surface area (Å²) in [5.74, 6) is 0.0827. The van der Waals surface area contributed by atoms with E-state index in [1.807, 2.05) is 37.3 Å². The van der Waals surface area contributed by atoms with Gasteiger partial charge in [-0.1, -0.05) is 29.8 Å². The van der Waals surface area contributed by atoms with Crippen LogP contribution >= 0.6 is 11.6 Å². The molecule has 5 heteroatoms. The van der Waals surface area contributed by atoms with Crippen LogP contribution in [0.1, 0.15) is 11.5 Å². The number of nitrogens with one attached hydrogen (secondary N) is 1. The van der Waals surface area contributed by atoms with E-state index in [-0.39, 0.29) is 5.91 Å². The molecule has 0 fully saturated rings. The van der Waals surface area contributed by atoms with E-state index in [0.29, 0.717) is 22.2 Å². The van der Waals surface area contributed by atoms with Gasteiger partial charge in [-0.15, -0.1) is 0 Å². The fourth-order valence-electron chi connectivity index (χ4n) is 2.00. The Morgan fingerprint density at radius 2 is 2.09 bits per heavy atom. The maximum Gasteiger partial charge on any atom is 0.248 e. The molecule has 1 amide bonds. The number of benzene rings is 2. The number of carbonyl (C=O) groups is 1. The Bertz CT molecular complexity index is 835. The number of oxazole rings is 1. The molecule has 0 aliphatic rings. The van der Waals surface area contributed by atoms with Crippen molar-refractivity contribution in [3.8, 4) is 0 Å². The summed E-state index contributed by atoms with van der Waals surface area (Å²) in [5.41, 5.74) is 3.04. The van der Waals surface area contributed by atoms with E-state index in [0.717, 1.165) is 11.1 Å². The predicted octanol–water partition coefficient (Wildman–Crippen LogP) is 4.44. The summed E-state index contributed by atoms with van der Waals surface area (Å²) in [5, 5.41) is 3.22. The van der Waals surface area contributed by atoms with Crippen LogP contribution in [0.2, 0.25) is 5.02 Å². The van der Waals surface area contributed by atoms with E-state index in [1.54, 1.807) is 12.1 Å². The largest absolute Gasteiger partial charge is 0.437 e. The van der Waals surface area contributed by atoms with Crippen molar-refractivity contribution in [1.82, 2.24) is 4.98 Å². The van der Waals surface area contributed by atoms with E-state index >= 15 is 0 Å². The van der Waals surface area contributed by atoms with Gasteiger partial charge in [0.1, 0.15) is 5.52 Å². The zero-order valence-electron chi connectivity index (χ0n) is 11.8. The van der Waals surface area contributed by atoms with Crippen molar-refractivity contribution >= 4 is 40.4 Å². The second-order valence-electron chi connectivity index (χ2n) is 4.83. The molecule has 1 heterocycles. The summed E-state index contributed by atoms with van der Waals surface area (Å²) in [6.45, 7) is 1.94. The highest BCUT2D eigenvalue weighted by atomic mass is 35.5. The molecule has 22 heavy (non-hydrogen) atoms. The summed E-state index contributed by atoms with van der Waals surface area (Å²) >= 11 is 6.07. The van der Waals surface area contributed by atoms with Gasteiger partial charge in [-0.25, -0.2) is 4.98 Å². The first kappa shape index (κ1) is 14.4. The molecule has 0 bridgehead atoms. The first-order valence-corrected chi connectivity index (χ1v) is 7.10. The van der Waals surface area contributed by atoms with Crippen LogP contribution in [0.5, 0.6) is 0 Å². The van der Waals surface area contributed by atoms with Crippen LogP contribution in [-0.2, 0) is 4.79 Å². The molecule has 3 aromatic rings. The van der Waals surface area contributed by atoms with Gasteiger partial charge in [0.2, 0.25) is 11.8 Å². The number of amides is 1. The number of aromatic nitrogens is 1. The Morgan fingerprint density at radius 1 is 1.27 bits per heavy atom. The Hall–Kier alpha value is -2.59. The Balaban J connectivity index is 1.73. The fourth-order valence-corrected chi connectivity index (χ4v) is 2.29. The van der Waals surface area contributed by atoms with Crippen molar-refractivity contribution < 1.29 is 9.21 Å². The second-order valence-corrected chi connectivity index (χ2v) is 5.23. The Labute approximate surface area is 132 Å². The minimum atomic E-state index is -0.298. The second kappa shape index (κ2) is 6.03. The minimum absolute atomic E-state index is 0.298. The first-order valence-electron chi connectivity index (χ1n) is 6.72. The predicted molar refractivity (Wildman–Crippen MR) is 87.9 cm³/mol. The monoisotopic (exact) mass is 312 g/mol. The minimum Gasteiger partial charge on any atom is -0.437 e. The SMILES string of the molecule is Cc1ccc(NC(=O)/C=C/c2nc3ccccc3o2)c(Cl)c1. The Kier molecular flexibility index (Phi) is 3.94. The summed E-state index contributed by atoms with van der Waals surface area (Å²) in [6.07, 6.45) is 2.89. The fraction of sp³-hybridized carbons (Fsp3) is 0.0588. The number of aryl methyl sites for hydroxylation is 1. The molecule has 0 spiro atoms. The van der Waals surface area contributed by atoms with Gasteiger partial charge < -0.3 is 9.73 Å². The first-order chi connectivity index (χ1) is 10.6. The lowest BCUT2D eigenvalue weighted by atomic mass is 10.2. The summed E-state index contributed by atoms with van der Waals surface area (Å²) in [4.78, 5) is 16.2. The van der Waals surface area contributed by atoms with Crippen molar-refractivity contribution in [2.75, 3.05) is 5.32 Å². The number of anilines is 1. The highest BCUT2D eigenvalue weighted by Gasteiger charge is 2.05. The highest BCUT2D eigenvalue weighted by molar-refractivity contribution is 6.33. The van der Waals surface area contributed by atoms with Gasteiger partial charge in [-0.05, 0) is 36.8 Å². The van der Waals surface area contributed by atoms with E-state index in [1.165, 1.54) is 12.2 Å². The van der Waals surface area contributed by atoms with Crippen LogP contribution in [0, 0.1) is 6.92 Å². The van der Waals surface area contributed by atoms with Gasteiger partial charge in [0, 0.05) is 12.2 Å². The molecule has 1 N–H and O–H groups in total. The maximum atomic E-state index is 11.9. The standard InChI is InChI=1S/C17H13ClN2O2/c1-11-6-7-13(12(18)10-11)19-16(21)8-9-17-20-14-4-2-3-5-15(14)22-17/h2-10H,1H3,(H,19,21)/b9-8+. The number of carbonyl (C=O) groups excluding carboxylic acids is 1. The van der Waals surface area contributed by atoms with Crippen molar-refractivity contribution in [3.05, 3.63) is 65.0 Å². The smallest absolute Gasteiger partial charge is 0.248 e. The lowest BCUT2D eigenvalue weighted by molar-refractivity contribution is -0.111. The molecular weight excluding hydrogens is 300 g/mol. The van der Waals surface area contributed by atoms with Gasteiger partial charge in [-0.3, -0.25) is 4.79 Å². The van der Waals surface area contributed by atoms with Crippen molar-refractivity contribution in [3.63, 3.8) is 0 Å². The molecular formula is C17H13ClN2O2.